The third kappa shape index (κ3) is 13.8. The molecule has 0 aliphatic rings. The van der Waals surface area contributed by atoms with Crippen molar-refractivity contribution in [3.63, 3.8) is 0 Å². The molecule has 0 N–H and O–H groups in total. The van der Waals surface area contributed by atoms with Gasteiger partial charge in [0.1, 0.15) is 0 Å². The van der Waals surface area contributed by atoms with E-state index in [9.17, 15) is 0 Å². The van der Waals surface area contributed by atoms with E-state index in [4.69, 9.17) is 0 Å². The van der Waals surface area contributed by atoms with Crippen LogP contribution in [0.5, 0.6) is 0 Å². The second kappa shape index (κ2) is 14.0. The molecule has 19 heavy (non-hydrogen) atoms. The summed E-state index contributed by atoms with van der Waals surface area (Å²) in [6.07, 6.45) is 14.5. The zero-order chi connectivity index (χ0) is 14.3. The van der Waals surface area contributed by atoms with E-state index < -0.39 is 0 Å². The predicted molar refractivity (Wildman–Crippen MR) is 88.2 cm³/mol. The van der Waals surface area contributed by atoms with Crippen LogP contribution in [0, 0.1) is 23.7 Å². The lowest BCUT2D eigenvalue weighted by molar-refractivity contribution is 0.477. The quantitative estimate of drug-likeness (QED) is 0.291. The van der Waals surface area contributed by atoms with Gasteiger partial charge in [-0.15, -0.1) is 11.8 Å². The van der Waals surface area contributed by atoms with Crippen molar-refractivity contribution >= 4 is 0 Å². The van der Waals surface area contributed by atoms with Crippen molar-refractivity contribution in [2.75, 3.05) is 0 Å². The largest absolute Gasteiger partial charge is 0.103 e. The number of hydrogen-bond acceptors (Lipinski definition) is 0. The highest BCUT2D eigenvalue weighted by atomic mass is 14.1. The second-order valence-corrected chi connectivity index (χ2v) is 6.30. The van der Waals surface area contributed by atoms with Crippen LogP contribution in [0.25, 0.3) is 0 Å². The average Bonchev–Trinajstić information content (AvgIpc) is 2.41. The molecule has 0 nitrogen and oxygen atoms in total. The van der Waals surface area contributed by atoms with Crippen molar-refractivity contribution < 1.29 is 0 Å². The molecule has 0 saturated carbocycles. The van der Waals surface area contributed by atoms with Gasteiger partial charge in [0.15, 0.2) is 0 Å². The Morgan fingerprint density at radius 3 is 2.05 bits per heavy atom. The standard InChI is InChI=1S/C19H36/c1-5-7-9-11-15-19(4)17-13-10-12-16-18(3)14-8-6-2/h18-19H,5-9,11-12,14-17H2,1-4H3. The summed E-state index contributed by atoms with van der Waals surface area (Å²) in [7, 11) is 0. The van der Waals surface area contributed by atoms with Crippen LogP contribution in [0.4, 0.5) is 0 Å². The van der Waals surface area contributed by atoms with Crippen LogP contribution in [-0.4, -0.2) is 0 Å². The predicted octanol–water partition coefficient (Wildman–Crippen LogP) is 6.59. The van der Waals surface area contributed by atoms with Crippen molar-refractivity contribution in [3.05, 3.63) is 0 Å². The summed E-state index contributed by atoms with van der Waals surface area (Å²) in [5.74, 6) is 8.42. The van der Waals surface area contributed by atoms with Gasteiger partial charge >= 0.3 is 0 Å². The van der Waals surface area contributed by atoms with Gasteiger partial charge in [0.05, 0.1) is 0 Å². The normalized spacial score (nSPS) is 13.7. The van der Waals surface area contributed by atoms with E-state index in [2.05, 4.69) is 39.5 Å². The molecule has 0 aliphatic carbocycles. The minimum absolute atomic E-state index is 0.793. The molecule has 0 fully saturated rings. The average molecular weight is 264 g/mol. The summed E-state index contributed by atoms with van der Waals surface area (Å²) < 4.78 is 0. The minimum atomic E-state index is 0.793. The van der Waals surface area contributed by atoms with Gasteiger partial charge in [-0.3, -0.25) is 0 Å². The summed E-state index contributed by atoms with van der Waals surface area (Å²) in [5.41, 5.74) is 0. The Hall–Kier alpha value is -0.440. The topological polar surface area (TPSA) is 0 Å². The van der Waals surface area contributed by atoms with Crippen LogP contribution in [0.1, 0.15) is 98.3 Å². The zero-order valence-electron chi connectivity index (χ0n) is 13.9. The first-order valence-corrected chi connectivity index (χ1v) is 8.66. The van der Waals surface area contributed by atoms with E-state index in [1.165, 1.54) is 57.8 Å². The fourth-order valence-corrected chi connectivity index (χ4v) is 2.37. The maximum atomic E-state index is 3.39. The molecule has 0 aromatic rings. The zero-order valence-corrected chi connectivity index (χ0v) is 13.9. The highest BCUT2D eigenvalue weighted by Gasteiger charge is 2.00. The maximum Gasteiger partial charge on any atom is 0.0114 e. The smallest absolute Gasteiger partial charge is 0.0114 e. The maximum absolute atomic E-state index is 3.39. The molecule has 0 aromatic carbocycles. The van der Waals surface area contributed by atoms with Crippen LogP contribution >= 0.6 is 0 Å². The van der Waals surface area contributed by atoms with Crippen molar-refractivity contribution in [2.24, 2.45) is 11.8 Å². The third-order valence-electron chi connectivity index (χ3n) is 3.94. The molecule has 0 heterocycles. The Kier molecular flexibility index (Phi) is 13.7. The summed E-state index contributed by atoms with van der Waals surface area (Å²) in [6.45, 7) is 9.27. The van der Waals surface area contributed by atoms with E-state index in [-0.39, 0.29) is 0 Å². The first-order valence-electron chi connectivity index (χ1n) is 8.66. The highest BCUT2D eigenvalue weighted by molar-refractivity contribution is 4.99. The lowest BCUT2D eigenvalue weighted by atomic mass is 9.98. The highest BCUT2D eigenvalue weighted by Crippen LogP contribution is 2.14. The van der Waals surface area contributed by atoms with Gasteiger partial charge in [0.2, 0.25) is 0 Å². The second-order valence-electron chi connectivity index (χ2n) is 6.30. The molecular weight excluding hydrogens is 228 g/mol. The van der Waals surface area contributed by atoms with Crippen LogP contribution in [0.2, 0.25) is 0 Å². The fourth-order valence-electron chi connectivity index (χ4n) is 2.37. The first kappa shape index (κ1) is 18.6. The number of unbranched alkanes of at least 4 members (excludes halogenated alkanes) is 4. The van der Waals surface area contributed by atoms with Crippen molar-refractivity contribution in [3.8, 4) is 11.8 Å². The summed E-state index contributed by atoms with van der Waals surface area (Å²) >= 11 is 0. The van der Waals surface area contributed by atoms with Crippen molar-refractivity contribution in [2.45, 2.75) is 98.3 Å². The molecule has 0 bridgehead atoms. The summed E-state index contributed by atoms with van der Waals surface area (Å²) in [4.78, 5) is 0. The monoisotopic (exact) mass is 264 g/mol. The summed E-state index contributed by atoms with van der Waals surface area (Å²) in [5, 5.41) is 0. The fraction of sp³-hybridized carbons (Fsp3) is 0.895. The Morgan fingerprint density at radius 1 is 0.684 bits per heavy atom. The number of rotatable bonds is 11. The van der Waals surface area contributed by atoms with E-state index >= 15 is 0 Å². The van der Waals surface area contributed by atoms with E-state index in [1.54, 1.807) is 0 Å². The first-order chi connectivity index (χ1) is 9.20. The van der Waals surface area contributed by atoms with Gasteiger partial charge < -0.3 is 0 Å². The van der Waals surface area contributed by atoms with Gasteiger partial charge in [0.25, 0.3) is 0 Å². The molecule has 0 spiro atoms. The van der Waals surface area contributed by atoms with E-state index in [1.807, 2.05) is 0 Å². The molecule has 2 atom stereocenters. The van der Waals surface area contributed by atoms with Crippen LogP contribution < -0.4 is 0 Å². The molecule has 0 radical (unpaired) electrons. The van der Waals surface area contributed by atoms with Crippen LogP contribution in [-0.2, 0) is 0 Å². The Morgan fingerprint density at radius 2 is 1.37 bits per heavy atom. The van der Waals surface area contributed by atoms with Gasteiger partial charge in [-0.1, -0.05) is 72.6 Å². The molecule has 0 aliphatic heterocycles. The minimum Gasteiger partial charge on any atom is -0.103 e. The van der Waals surface area contributed by atoms with Gasteiger partial charge in [-0.25, -0.2) is 0 Å². The van der Waals surface area contributed by atoms with Crippen LogP contribution in [0.3, 0.4) is 0 Å². The lowest BCUT2D eigenvalue weighted by Crippen LogP contribution is -1.94. The van der Waals surface area contributed by atoms with Gasteiger partial charge in [-0.05, 0) is 24.7 Å². The summed E-state index contributed by atoms with van der Waals surface area (Å²) in [6, 6.07) is 0. The molecule has 0 amide bonds. The number of hydrogen-bond donors (Lipinski definition) is 0. The molecule has 112 valence electrons. The molecule has 0 rings (SSSR count). The third-order valence-corrected chi connectivity index (χ3v) is 3.94. The van der Waals surface area contributed by atoms with Crippen LogP contribution in [0.15, 0.2) is 0 Å². The van der Waals surface area contributed by atoms with E-state index in [0.29, 0.717) is 0 Å². The van der Waals surface area contributed by atoms with Crippen molar-refractivity contribution in [1.29, 1.82) is 0 Å². The lowest BCUT2D eigenvalue weighted by Gasteiger charge is -2.08. The SMILES string of the molecule is CCCCCCC(C)CC#CCCC(C)CCCC. The Bertz CT molecular complexity index is 230. The Labute approximate surface area is 122 Å². The molecule has 0 saturated heterocycles. The molecule has 0 aromatic heterocycles. The van der Waals surface area contributed by atoms with E-state index in [0.717, 1.165) is 24.7 Å². The molecule has 0 heteroatoms. The molecule has 2 unspecified atom stereocenters. The van der Waals surface area contributed by atoms with Crippen molar-refractivity contribution in [1.82, 2.24) is 0 Å². The molecular formula is C19H36. The Balaban J connectivity index is 3.46. The van der Waals surface area contributed by atoms with Gasteiger partial charge in [-0.2, -0.15) is 0 Å². The van der Waals surface area contributed by atoms with Gasteiger partial charge in [0, 0.05) is 12.8 Å².